The maximum absolute atomic E-state index is 12.2. The molecule has 5 heterocycles. The minimum atomic E-state index is 0.0118. The highest BCUT2D eigenvalue weighted by Gasteiger charge is 2.15. The van der Waals surface area contributed by atoms with E-state index in [9.17, 15) is 4.79 Å². The van der Waals surface area contributed by atoms with E-state index in [2.05, 4.69) is 67.0 Å². The van der Waals surface area contributed by atoms with Crippen LogP contribution in [0.1, 0.15) is 26.2 Å². The van der Waals surface area contributed by atoms with Crippen molar-refractivity contribution in [2.45, 2.75) is 26.2 Å². The van der Waals surface area contributed by atoms with Crippen LogP contribution in [0.5, 0.6) is 0 Å². The number of fused-ring (bicyclic) bond motifs is 2. The molecule has 3 N–H and O–H groups in total. The van der Waals surface area contributed by atoms with Gasteiger partial charge in [-0.3, -0.25) is 14.9 Å². The monoisotopic (exact) mass is 492 g/mol. The minimum absolute atomic E-state index is 0.0118. The highest BCUT2D eigenvalue weighted by molar-refractivity contribution is 7.13. The number of aromatic nitrogens is 5. The zero-order chi connectivity index (χ0) is 24.5. The second-order valence-electron chi connectivity index (χ2n) is 8.73. The number of thiophene rings is 1. The largest absolute Gasteiger partial charge is 0.338 e. The summed E-state index contributed by atoms with van der Waals surface area (Å²) in [5, 5.41) is 14.9. The Labute approximate surface area is 211 Å². The molecular formula is C28H24N6OS. The molecule has 0 saturated carbocycles. The van der Waals surface area contributed by atoms with Crippen molar-refractivity contribution in [2.24, 2.45) is 0 Å². The smallest absolute Gasteiger partial charge is 0.224 e. The van der Waals surface area contributed by atoms with Gasteiger partial charge < -0.3 is 10.3 Å². The quantitative estimate of drug-likeness (QED) is 0.223. The van der Waals surface area contributed by atoms with Crippen molar-refractivity contribution in [1.29, 1.82) is 0 Å². The molecule has 178 valence electrons. The van der Waals surface area contributed by atoms with E-state index in [4.69, 9.17) is 0 Å². The number of unbranched alkanes of at least 4 members (excludes halogenated alkanes) is 1. The Morgan fingerprint density at radius 3 is 2.86 bits per heavy atom. The van der Waals surface area contributed by atoms with Crippen LogP contribution in [0.4, 0.5) is 5.69 Å². The van der Waals surface area contributed by atoms with Crippen LogP contribution in [0.15, 0.2) is 72.5 Å². The lowest BCUT2D eigenvalue weighted by atomic mass is 10.0. The highest BCUT2D eigenvalue weighted by atomic mass is 32.1. The summed E-state index contributed by atoms with van der Waals surface area (Å²) in [4.78, 5) is 25.7. The number of rotatable bonds is 7. The third kappa shape index (κ3) is 4.16. The number of nitrogens with one attached hydrogen (secondary N) is 3. The first-order chi connectivity index (χ1) is 17.7. The molecule has 0 aliphatic rings. The van der Waals surface area contributed by atoms with Gasteiger partial charge in [0.1, 0.15) is 11.3 Å². The van der Waals surface area contributed by atoms with Gasteiger partial charge in [0.05, 0.1) is 23.1 Å². The molecule has 0 bridgehead atoms. The van der Waals surface area contributed by atoms with Crippen LogP contribution in [0.2, 0.25) is 0 Å². The third-order valence-corrected chi connectivity index (χ3v) is 7.15. The number of nitrogens with zero attached hydrogens (tertiary/aromatic N) is 3. The van der Waals surface area contributed by atoms with Crippen molar-refractivity contribution in [3.8, 4) is 33.0 Å². The van der Waals surface area contributed by atoms with Gasteiger partial charge in [0, 0.05) is 45.6 Å². The summed E-state index contributed by atoms with van der Waals surface area (Å²) in [7, 11) is 0. The summed E-state index contributed by atoms with van der Waals surface area (Å²) in [6.07, 6.45) is 7.69. The van der Waals surface area contributed by atoms with Crippen molar-refractivity contribution < 1.29 is 4.79 Å². The van der Waals surface area contributed by atoms with E-state index < -0.39 is 0 Å². The van der Waals surface area contributed by atoms with Gasteiger partial charge in [0.15, 0.2) is 0 Å². The molecule has 0 saturated heterocycles. The van der Waals surface area contributed by atoms with Crippen molar-refractivity contribution in [1.82, 2.24) is 25.1 Å². The van der Waals surface area contributed by atoms with Gasteiger partial charge in [-0.25, -0.2) is 4.98 Å². The molecule has 6 aromatic rings. The van der Waals surface area contributed by atoms with Gasteiger partial charge in [0.2, 0.25) is 5.91 Å². The average Bonchev–Trinajstić information content (AvgIpc) is 3.66. The number of hydrogen-bond donors (Lipinski definition) is 3. The fraction of sp³-hybridized carbons (Fsp3) is 0.143. The average molecular weight is 493 g/mol. The summed E-state index contributed by atoms with van der Waals surface area (Å²) in [6.45, 7) is 2.07. The second-order valence-corrected chi connectivity index (χ2v) is 9.68. The Kier molecular flexibility index (Phi) is 5.79. The molecule has 0 radical (unpaired) electrons. The van der Waals surface area contributed by atoms with Crippen molar-refractivity contribution in [2.75, 3.05) is 5.32 Å². The van der Waals surface area contributed by atoms with Crippen LogP contribution in [0.3, 0.4) is 0 Å². The summed E-state index contributed by atoms with van der Waals surface area (Å²) < 4.78 is 0. The Bertz CT molecular complexity index is 1680. The Morgan fingerprint density at radius 1 is 1.06 bits per heavy atom. The van der Waals surface area contributed by atoms with E-state index in [1.54, 1.807) is 17.5 Å². The predicted molar refractivity (Wildman–Crippen MR) is 146 cm³/mol. The van der Waals surface area contributed by atoms with Gasteiger partial charge in [-0.05, 0) is 53.8 Å². The fourth-order valence-corrected chi connectivity index (χ4v) is 5.19. The van der Waals surface area contributed by atoms with Crippen LogP contribution in [0.25, 0.3) is 54.9 Å². The number of aromatic amines is 2. The van der Waals surface area contributed by atoms with Crippen LogP contribution in [-0.4, -0.2) is 31.1 Å². The molecule has 5 aromatic heterocycles. The fourth-order valence-electron chi connectivity index (χ4n) is 4.43. The van der Waals surface area contributed by atoms with E-state index >= 15 is 0 Å². The van der Waals surface area contributed by atoms with Crippen LogP contribution in [0, 0.1) is 0 Å². The van der Waals surface area contributed by atoms with Gasteiger partial charge >= 0.3 is 0 Å². The number of amides is 1. The Morgan fingerprint density at radius 2 is 2.00 bits per heavy atom. The molecule has 8 heteroatoms. The maximum Gasteiger partial charge on any atom is 0.224 e. The zero-order valence-corrected chi connectivity index (χ0v) is 20.5. The lowest BCUT2D eigenvalue weighted by Crippen LogP contribution is -2.11. The van der Waals surface area contributed by atoms with E-state index in [1.807, 2.05) is 36.7 Å². The normalized spacial score (nSPS) is 11.4. The summed E-state index contributed by atoms with van der Waals surface area (Å²) in [6, 6.07) is 16.5. The number of pyridine rings is 2. The van der Waals surface area contributed by atoms with Gasteiger partial charge in [0.25, 0.3) is 0 Å². The molecule has 0 unspecified atom stereocenters. The standard InChI is InChI=1S/C28H24N6OS/c1-2-3-6-26(35)31-19-12-18(15-29-16-19)17-7-8-23-22(13-17)27(34-33-23)24-14-21-20(25-5-4-11-36-25)9-10-30-28(21)32-24/h4-5,7-16H,2-3,6H2,1H3,(H,30,32)(H,31,35)(H,33,34). The molecule has 36 heavy (non-hydrogen) atoms. The summed E-state index contributed by atoms with van der Waals surface area (Å²) >= 11 is 1.71. The maximum atomic E-state index is 12.2. The lowest BCUT2D eigenvalue weighted by molar-refractivity contribution is -0.116. The number of anilines is 1. The minimum Gasteiger partial charge on any atom is -0.338 e. The zero-order valence-electron chi connectivity index (χ0n) is 19.7. The molecule has 0 spiro atoms. The van der Waals surface area contributed by atoms with Crippen LogP contribution >= 0.6 is 11.3 Å². The Balaban J connectivity index is 1.37. The summed E-state index contributed by atoms with van der Waals surface area (Å²) in [5.74, 6) is 0.0118. The topological polar surface area (TPSA) is 99.3 Å². The molecule has 0 fully saturated rings. The van der Waals surface area contributed by atoms with Crippen molar-refractivity contribution >= 4 is 44.9 Å². The summed E-state index contributed by atoms with van der Waals surface area (Å²) in [5.41, 5.74) is 7.28. The SMILES string of the molecule is CCCCC(=O)Nc1cncc(-c2ccc3[nH]nc(-c4cc5c(-c6cccs6)ccnc5[nH]4)c3c2)c1. The second kappa shape index (κ2) is 9.39. The number of H-pyrrole nitrogens is 2. The van der Waals surface area contributed by atoms with Gasteiger partial charge in [-0.2, -0.15) is 5.10 Å². The molecule has 1 amide bonds. The molecular weight excluding hydrogens is 468 g/mol. The van der Waals surface area contributed by atoms with Crippen molar-refractivity contribution in [3.05, 3.63) is 72.5 Å². The molecule has 6 rings (SSSR count). The molecule has 0 aliphatic carbocycles. The predicted octanol–water partition coefficient (Wildman–Crippen LogP) is 7.03. The molecule has 0 atom stereocenters. The molecule has 0 aliphatic heterocycles. The van der Waals surface area contributed by atoms with Crippen LogP contribution < -0.4 is 5.32 Å². The van der Waals surface area contributed by atoms with Gasteiger partial charge in [-0.15, -0.1) is 11.3 Å². The lowest BCUT2D eigenvalue weighted by Gasteiger charge is -2.07. The van der Waals surface area contributed by atoms with E-state index in [0.717, 1.165) is 62.9 Å². The number of carbonyl (C=O) groups excluding carboxylic acids is 1. The Hall–Kier alpha value is -4.30. The van der Waals surface area contributed by atoms with E-state index in [1.165, 1.54) is 4.88 Å². The van der Waals surface area contributed by atoms with E-state index in [0.29, 0.717) is 12.1 Å². The van der Waals surface area contributed by atoms with Crippen molar-refractivity contribution in [3.63, 3.8) is 0 Å². The number of hydrogen-bond acceptors (Lipinski definition) is 5. The van der Waals surface area contributed by atoms with E-state index in [-0.39, 0.29) is 5.91 Å². The first-order valence-corrected chi connectivity index (χ1v) is 12.8. The third-order valence-electron chi connectivity index (χ3n) is 6.25. The highest BCUT2D eigenvalue weighted by Crippen LogP contribution is 2.36. The molecule has 7 nitrogen and oxygen atoms in total. The number of benzene rings is 1. The molecule has 1 aromatic carbocycles. The number of carbonyl (C=O) groups is 1. The first-order valence-electron chi connectivity index (χ1n) is 11.9. The van der Waals surface area contributed by atoms with Gasteiger partial charge in [-0.1, -0.05) is 25.5 Å². The first kappa shape index (κ1) is 22.2. The van der Waals surface area contributed by atoms with Crippen LogP contribution in [-0.2, 0) is 4.79 Å².